The summed E-state index contributed by atoms with van der Waals surface area (Å²) in [5, 5.41) is 0. The molecule has 4 nitrogen and oxygen atoms in total. The summed E-state index contributed by atoms with van der Waals surface area (Å²) in [7, 11) is 1.43. The Hall–Kier alpha value is -1.17. The number of hydrogen-bond acceptors (Lipinski definition) is 4. The fourth-order valence-electron chi connectivity index (χ4n) is 1.74. The Morgan fingerprint density at radius 1 is 1.47 bits per heavy atom. The predicted octanol–water partition coefficient (Wildman–Crippen LogP) is 1.76. The zero-order valence-corrected chi connectivity index (χ0v) is 10.4. The molecule has 96 valence electrons. The number of rotatable bonds is 6. The molecule has 0 amide bonds. The van der Waals surface area contributed by atoms with Crippen LogP contribution >= 0.6 is 0 Å². The van der Waals surface area contributed by atoms with Crippen molar-refractivity contribution >= 4 is 0 Å². The van der Waals surface area contributed by atoms with Crippen molar-refractivity contribution < 1.29 is 13.9 Å². The van der Waals surface area contributed by atoms with Gasteiger partial charge in [-0.15, -0.1) is 0 Å². The van der Waals surface area contributed by atoms with Gasteiger partial charge >= 0.3 is 0 Å². The maximum atomic E-state index is 13.6. The van der Waals surface area contributed by atoms with E-state index >= 15 is 0 Å². The lowest BCUT2D eigenvalue weighted by molar-refractivity contribution is 0.0471. The second kappa shape index (κ2) is 6.54. The quantitative estimate of drug-likeness (QED) is 0.589. The zero-order chi connectivity index (χ0) is 12.8. The summed E-state index contributed by atoms with van der Waals surface area (Å²) in [5.74, 6) is 5.28. The van der Waals surface area contributed by atoms with Crippen LogP contribution in [0.5, 0.6) is 5.75 Å². The molecule has 17 heavy (non-hydrogen) atoms. The molecule has 0 heterocycles. The Morgan fingerprint density at radius 3 is 2.65 bits per heavy atom. The van der Waals surface area contributed by atoms with Crippen molar-refractivity contribution in [1.29, 1.82) is 0 Å². The Labute approximate surface area is 101 Å². The highest BCUT2D eigenvalue weighted by atomic mass is 19.1. The first-order valence-electron chi connectivity index (χ1n) is 5.55. The highest BCUT2D eigenvalue weighted by molar-refractivity contribution is 5.31. The fraction of sp³-hybridized carbons (Fsp3) is 0.500. The molecule has 0 radical (unpaired) electrons. The molecule has 5 heteroatoms. The molecular formula is C12H19FN2O2. The van der Waals surface area contributed by atoms with E-state index in [1.807, 2.05) is 13.8 Å². The molecule has 0 aliphatic carbocycles. The molecule has 0 aliphatic heterocycles. The molecule has 1 aromatic rings. The topological polar surface area (TPSA) is 56.5 Å². The van der Waals surface area contributed by atoms with E-state index in [0.717, 1.165) is 5.56 Å². The molecule has 0 saturated heterocycles. The third-order valence-electron chi connectivity index (χ3n) is 2.61. The summed E-state index contributed by atoms with van der Waals surface area (Å²) in [5.41, 5.74) is 3.36. The number of methoxy groups -OCH3 is 1. The molecule has 0 saturated carbocycles. The van der Waals surface area contributed by atoms with Gasteiger partial charge in [0, 0.05) is 6.61 Å². The third kappa shape index (κ3) is 3.39. The van der Waals surface area contributed by atoms with Gasteiger partial charge in [-0.3, -0.25) is 11.3 Å². The van der Waals surface area contributed by atoms with Crippen LogP contribution in [-0.4, -0.2) is 19.8 Å². The van der Waals surface area contributed by atoms with Crippen molar-refractivity contribution in [2.24, 2.45) is 5.84 Å². The van der Waals surface area contributed by atoms with E-state index in [1.54, 1.807) is 12.1 Å². The molecule has 0 fully saturated rings. The SMILES string of the molecule is CCOC(C)C(NN)c1ccc(OC)c(F)c1. The zero-order valence-electron chi connectivity index (χ0n) is 10.4. The van der Waals surface area contributed by atoms with Gasteiger partial charge in [0.15, 0.2) is 11.6 Å². The largest absolute Gasteiger partial charge is 0.494 e. The monoisotopic (exact) mass is 242 g/mol. The van der Waals surface area contributed by atoms with Crippen LogP contribution in [-0.2, 0) is 4.74 Å². The van der Waals surface area contributed by atoms with Gasteiger partial charge in [0.25, 0.3) is 0 Å². The van der Waals surface area contributed by atoms with Crippen molar-refractivity contribution in [1.82, 2.24) is 5.43 Å². The van der Waals surface area contributed by atoms with Crippen LogP contribution in [0.3, 0.4) is 0 Å². The average molecular weight is 242 g/mol. The number of hydrogen-bond donors (Lipinski definition) is 2. The average Bonchev–Trinajstić information content (AvgIpc) is 2.30. The maximum Gasteiger partial charge on any atom is 0.165 e. The van der Waals surface area contributed by atoms with Gasteiger partial charge in [-0.1, -0.05) is 6.07 Å². The van der Waals surface area contributed by atoms with Gasteiger partial charge in [-0.2, -0.15) is 0 Å². The maximum absolute atomic E-state index is 13.6. The first-order valence-corrected chi connectivity index (χ1v) is 5.55. The summed E-state index contributed by atoms with van der Waals surface area (Å²) < 4.78 is 23.9. The lowest BCUT2D eigenvalue weighted by Gasteiger charge is -2.23. The summed E-state index contributed by atoms with van der Waals surface area (Å²) >= 11 is 0. The minimum absolute atomic E-state index is 0.141. The first kappa shape index (κ1) is 13.9. The van der Waals surface area contributed by atoms with Gasteiger partial charge in [0.05, 0.1) is 19.3 Å². The van der Waals surface area contributed by atoms with Crippen LogP contribution in [0.25, 0.3) is 0 Å². The normalized spacial score (nSPS) is 14.4. The Morgan fingerprint density at radius 2 is 2.18 bits per heavy atom. The minimum Gasteiger partial charge on any atom is -0.494 e. The van der Waals surface area contributed by atoms with E-state index in [1.165, 1.54) is 13.2 Å². The Kier molecular flexibility index (Phi) is 5.34. The lowest BCUT2D eigenvalue weighted by atomic mass is 10.0. The first-order chi connectivity index (χ1) is 8.13. The van der Waals surface area contributed by atoms with Crippen molar-refractivity contribution in [3.8, 4) is 5.75 Å². The van der Waals surface area contributed by atoms with Crippen LogP contribution in [0.2, 0.25) is 0 Å². The number of nitrogens with one attached hydrogen (secondary N) is 1. The van der Waals surface area contributed by atoms with Crippen molar-refractivity contribution in [2.75, 3.05) is 13.7 Å². The number of benzene rings is 1. The second-order valence-electron chi connectivity index (χ2n) is 3.70. The van der Waals surface area contributed by atoms with E-state index < -0.39 is 5.82 Å². The number of ether oxygens (including phenoxy) is 2. The summed E-state index contributed by atoms with van der Waals surface area (Å²) in [4.78, 5) is 0. The Bertz CT molecular complexity index is 360. The van der Waals surface area contributed by atoms with Gasteiger partial charge in [0.2, 0.25) is 0 Å². The summed E-state index contributed by atoms with van der Waals surface area (Å²) in [6.45, 7) is 4.37. The minimum atomic E-state index is -0.408. The van der Waals surface area contributed by atoms with Crippen LogP contribution in [0, 0.1) is 5.82 Å². The Balaban J connectivity index is 2.92. The molecule has 1 aromatic carbocycles. The van der Waals surface area contributed by atoms with Crippen LogP contribution in [0.15, 0.2) is 18.2 Å². The molecule has 0 spiro atoms. The molecule has 3 N–H and O–H groups in total. The molecule has 0 aliphatic rings. The van der Waals surface area contributed by atoms with Crippen LogP contribution in [0.1, 0.15) is 25.5 Å². The molecule has 0 aromatic heterocycles. The van der Waals surface area contributed by atoms with Gasteiger partial charge in [0.1, 0.15) is 0 Å². The number of halogens is 1. The highest BCUT2D eigenvalue weighted by Crippen LogP contribution is 2.24. The highest BCUT2D eigenvalue weighted by Gasteiger charge is 2.19. The fourth-order valence-corrected chi connectivity index (χ4v) is 1.74. The smallest absolute Gasteiger partial charge is 0.165 e. The molecule has 2 unspecified atom stereocenters. The van der Waals surface area contributed by atoms with Crippen molar-refractivity contribution in [2.45, 2.75) is 26.0 Å². The van der Waals surface area contributed by atoms with E-state index in [0.29, 0.717) is 6.61 Å². The standard InChI is InChI=1S/C12H19FN2O2/c1-4-17-8(2)12(15-14)9-5-6-11(16-3)10(13)7-9/h5-8,12,15H,4,14H2,1-3H3. The molecule has 0 bridgehead atoms. The van der Waals surface area contributed by atoms with E-state index in [2.05, 4.69) is 5.43 Å². The predicted molar refractivity (Wildman–Crippen MR) is 64.1 cm³/mol. The summed E-state index contributed by atoms with van der Waals surface area (Å²) in [6, 6.07) is 4.49. The molecule has 1 rings (SSSR count). The van der Waals surface area contributed by atoms with E-state index in [-0.39, 0.29) is 17.9 Å². The lowest BCUT2D eigenvalue weighted by Crippen LogP contribution is -2.36. The third-order valence-corrected chi connectivity index (χ3v) is 2.61. The second-order valence-corrected chi connectivity index (χ2v) is 3.70. The van der Waals surface area contributed by atoms with E-state index in [9.17, 15) is 4.39 Å². The van der Waals surface area contributed by atoms with Gasteiger partial charge in [-0.25, -0.2) is 4.39 Å². The van der Waals surface area contributed by atoms with Crippen molar-refractivity contribution in [3.63, 3.8) is 0 Å². The van der Waals surface area contributed by atoms with Crippen molar-refractivity contribution in [3.05, 3.63) is 29.6 Å². The molecule has 2 atom stereocenters. The number of nitrogens with two attached hydrogens (primary N) is 1. The molecular weight excluding hydrogens is 223 g/mol. The van der Waals surface area contributed by atoms with Crippen LogP contribution < -0.4 is 16.0 Å². The van der Waals surface area contributed by atoms with Gasteiger partial charge in [-0.05, 0) is 31.5 Å². The van der Waals surface area contributed by atoms with E-state index in [4.69, 9.17) is 15.3 Å². The van der Waals surface area contributed by atoms with Crippen LogP contribution in [0.4, 0.5) is 4.39 Å². The summed E-state index contributed by atoms with van der Waals surface area (Å²) in [6.07, 6.45) is -0.141. The van der Waals surface area contributed by atoms with Gasteiger partial charge < -0.3 is 9.47 Å². The number of hydrazine groups is 1.